The van der Waals surface area contributed by atoms with Gasteiger partial charge in [0.1, 0.15) is 0 Å². The van der Waals surface area contributed by atoms with Crippen LogP contribution in [0.3, 0.4) is 0 Å². The second kappa shape index (κ2) is 12.5. The third-order valence-corrected chi connectivity index (χ3v) is 0. The van der Waals surface area contributed by atoms with Gasteiger partial charge in [0, 0.05) is 0 Å². The molecule has 0 unspecified atom stereocenters. The summed E-state index contributed by atoms with van der Waals surface area (Å²) in [7, 11) is -24.0. The van der Waals surface area contributed by atoms with E-state index in [-0.39, 0.29) is 23.9 Å². The van der Waals surface area contributed by atoms with Crippen LogP contribution < -0.4 is 0 Å². The molecule has 21 heavy (non-hydrogen) atoms. The summed E-state index contributed by atoms with van der Waals surface area (Å²) in [6.07, 6.45) is 0. The molecule has 0 heterocycles. The van der Waals surface area contributed by atoms with Crippen molar-refractivity contribution in [1.29, 1.82) is 0 Å². The molecule has 0 spiro atoms. The van der Waals surface area contributed by atoms with Crippen LogP contribution in [0, 0.1) is 0 Å². The summed E-state index contributed by atoms with van der Waals surface area (Å²) in [5, 5.41) is 0. The van der Waals surface area contributed by atoms with E-state index < -0.39 is 29.0 Å². The quantitative estimate of drug-likeness (QED) is 0.355. The predicted octanol–water partition coefficient (Wildman–Crippen LogP) is 4.82. The number of hydrogen-bond donors (Lipinski definition) is 0. The summed E-state index contributed by atoms with van der Waals surface area (Å²) in [5.41, 5.74) is 0. The first-order valence-corrected chi connectivity index (χ1v) is 3.49. The SMILES string of the molecule is F[B-](F)(F)F.F[B-](F)(F)F.F[B-](F)(F)F.F[B-](F)(F)F.[Sn+4]. The average molecular weight is 466 g/mol. The molecule has 0 rings (SSSR count). The first-order valence-electron chi connectivity index (χ1n) is 3.49. The fourth-order valence-electron chi connectivity index (χ4n) is 0. The molecular formula is B4F16Sn. The van der Waals surface area contributed by atoms with Gasteiger partial charge in [-0.25, -0.2) is 0 Å². The normalized spacial score (nSPS) is 11.4. The molecular weight excluding hydrogens is 466 g/mol. The van der Waals surface area contributed by atoms with Gasteiger partial charge in [0.15, 0.2) is 0 Å². The summed E-state index contributed by atoms with van der Waals surface area (Å²) in [4.78, 5) is 0. The van der Waals surface area contributed by atoms with Crippen LogP contribution in [-0.2, 0) is 0 Å². The van der Waals surface area contributed by atoms with Gasteiger partial charge in [0.2, 0.25) is 0 Å². The fourth-order valence-corrected chi connectivity index (χ4v) is 0. The minimum absolute atomic E-state index is 0. The molecule has 0 atom stereocenters. The van der Waals surface area contributed by atoms with Crippen LogP contribution in [0.1, 0.15) is 0 Å². The zero-order valence-electron chi connectivity index (χ0n) is 8.86. The molecule has 0 aromatic carbocycles. The number of halogens is 16. The Labute approximate surface area is 123 Å². The van der Waals surface area contributed by atoms with Crippen molar-refractivity contribution in [1.82, 2.24) is 0 Å². The summed E-state index contributed by atoms with van der Waals surface area (Å²) >= 11 is 0. The van der Waals surface area contributed by atoms with Gasteiger partial charge in [0.25, 0.3) is 0 Å². The maximum absolute atomic E-state index is 9.75. The number of hydrogen-bond acceptors (Lipinski definition) is 0. The predicted molar refractivity (Wildman–Crippen MR) is 46.5 cm³/mol. The van der Waals surface area contributed by atoms with Crippen molar-refractivity contribution in [3.63, 3.8) is 0 Å². The molecule has 0 radical (unpaired) electrons. The molecule has 128 valence electrons. The Morgan fingerprint density at radius 2 is 0.238 bits per heavy atom. The molecule has 0 saturated heterocycles. The summed E-state index contributed by atoms with van der Waals surface area (Å²) in [5.74, 6) is 0. The Hall–Kier alpha value is -0.0616. The molecule has 0 bridgehead atoms. The second-order valence-electron chi connectivity index (χ2n) is 1.98. The first-order chi connectivity index (χ1) is 8.00. The van der Waals surface area contributed by atoms with Gasteiger partial charge >= 0.3 is 52.9 Å². The van der Waals surface area contributed by atoms with Crippen LogP contribution in [0.2, 0.25) is 0 Å². The standard InChI is InChI=1S/4BF4.Sn/c4*2-1(3,4)5;/q4*-1;+4. The molecule has 0 nitrogen and oxygen atoms in total. The molecule has 0 saturated carbocycles. The third-order valence-electron chi connectivity index (χ3n) is 0. The van der Waals surface area contributed by atoms with Gasteiger partial charge < -0.3 is 69.1 Å². The van der Waals surface area contributed by atoms with E-state index in [4.69, 9.17) is 0 Å². The fraction of sp³-hybridized carbons (Fsp3) is 0. The van der Waals surface area contributed by atoms with E-state index in [2.05, 4.69) is 0 Å². The first kappa shape index (κ1) is 32.8. The second-order valence-corrected chi connectivity index (χ2v) is 1.98. The van der Waals surface area contributed by atoms with Crippen LogP contribution in [0.15, 0.2) is 0 Å². The molecule has 0 aromatic rings. The molecule has 0 aliphatic heterocycles. The van der Waals surface area contributed by atoms with Crippen molar-refractivity contribution in [3.05, 3.63) is 0 Å². The van der Waals surface area contributed by atoms with Gasteiger partial charge in [-0.05, 0) is 0 Å². The topological polar surface area (TPSA) is 0 Å². The number of rotatable bonds is 0. The van der Waals surface area contributed by atoms with Crippen LogP contribution >= 0.6 is 0 Å². The van der Waals surface area contributed by atoms with Gasteiger partial charge in [-0.2, -0.15) is 0 Å². The van der Waals surface area contributed by atoms with Crippen LogP contribution in [0.25, 0.3) is 0 Å². The van der Waals surface area contributed by atoms with Gasteiger partial charge in [-0.3, -0.25) is 0 Å². The largest absolute Gasteiger partial charge is 4.00 e. The molecule has 0 aromatic heterocycles. The maximum Gasteiger partial charge on any atom is 4.00 e. The van der Waals surface area contributed by atoms with Crippen molar-refractivity contribution < 1.29 is 69.1 Å². The molecule has 0 N–H and O–H groups in total. The van der Waals surface area contributed by atoms with Crippen molar-refractivity contribution in [2.45, 2.75) is 0 Å². The maximum atomic E-state index is 9.75. The minimum atomic E-state index is -6.00. The van der Waals surface area contributed by atoms with E-state index in [1.165, 1.54) is 0 Å². The molecule has 0 aliphatic rings. The van der Waals surface area contributed by atoms with Crippen LogP contribution in [0.5, 0.6) is 0 Å². The Kier molecular flexibility index (Phi) is 19.5. The van der Waals surface area contributed by atoms with Crippen molar-refractivity contribution in [2.24, 2.45) is 0 Å². The van der Waals surface area contributed by atoms with Crippen molar-refractivity contribution in [2.75, 3.05) is 0 Å². The van der Waals surface area contributed by atoms with E-state index in [1.54, 1.807) is 0 Å². The summed E-state index contributed by atoms with van der Waals surface area (Å²) in [6.45, 7) is 0. The summed E-state index contributed by atoms with van der Waals surface area (Å²) < 4.78 is 156. The molecule has 0 amide bonds. The van der Waals surface area contributed by atoms with E-state index in [0.717, 1.165) is 0 Å². The molecule has 0 fully saturated rings. The zero-order chi connectivity index (χ0) is 18.0. The van der Waals surface area contributed by atoms with Gasteiger partial charge in [0.05, 0.1) is 0 Å². The van der Waals surface area contributed by atoms with E-state index in [9.17, 15) is 69.1 Å². The monoisotopic (exact) mass is 468 g/mol. The smallest absolute Gasteiger partial charge is 0.418 e. The Bertz CT molecular complexity index is 130. The van der Waals surface area contributed by atoms with E-state index in [1.807, 2.05) is 0 Å². The minimum Gasteiger partial charge on any atom is -0.418 e. The molecule has 0 aliphatic carbocycles. The van der Waals surface area contributed by atoms with E-state index in [0.29, 0.717) is 0 Å². The van der Waals surface area contributed by atoms with Gasteiger partial charge in [-0.15, -0.1) is 0 Å². The molecule has 21 heteroatoms. The van der Waals surface area contributed by atoms with Crippen LogP contribution in [-0.4, -0.2) is 52.9 Å². The summed E-state index contributed by atoms with van der Waals surface area (Å²) in [6, 6.07) is 0. The van der Waals surface area contributed by atoms with Crippen LogP contribution in [0.4, 0.5) is 69.1 Å². The van der Waals surface area contributed by atoms with E-state index >= 15 is 0 Å². The van der Waals surface area contributed by atoms with Crippen molar-refractivity contribution in [3.8, 4) is 0 Å². The van der Waals surface area contributed by atoms with Gasteiger partial charge in [-0.1, -0.05) is 0 Å². The Morgan fingerprint density at radius 1 is 0.238 bits per heavy atom. The van der Waals surface area contributed by atoms with Crippen molar-refractivity contribution >= 4 is 52.9 Å². The third kappa shape index (κ3) is 1690000. The average Bonchev–Trinajstić information content (AvgIpc) is 1.62. The zero-order valence-corrected chi connectivity index (χ0v) is 11.7. The Balaban J connectivity index is -0.0000000533. The Morgan fingerprint density at radius 3 is 0.238 bits per heavy atom.